The van der Waals surface area contributed by atoms with Crippen LogP contribution in [0.5, 0.6) is 0 Å². The molecule has 0 radical (unpaired) electrons. The molecule has 0 saturated carbocycles. The van der Waals surface area contributed by atoms with Gasteiger partial charge in [-0.1, -0.05) is 6.07 Å². The molecule has 0 saturated heterocycles. The summed E-state index contributed by atoms with van der Waals surface area (Å²) >= 11 is 7.38. The van der Waals surface area contributed by atoms with Gasteiger partial charge in [-0.15, -0.1) is 28.0 Å². The van der Waals surface area contributed by atoms with Crippen molar-refractivity contribution in [3.63, 3.8) is 0 Å². The summed E-state index contributed by atoms with van der Waals surface area (Å²) in [5.74, 6) is 0.216. The summed E-state index contributed by atoms with van der Waals surface area (Å²) in [4.78, 5) is 17.1. The van der Waals surface area contributed by atoms with E-state index in [2.05, 4.69) is 10.1 Å². The molecule has 5 nitrogen and oxygen atoms in total. The monoisotopic (exact) mass is 307 g/mol. The summed E-state index contributed by atoms with van der Waals surface area (Å²) in [7, 11) is 1.34. The van der Waals surface area contributed by atoms with E-state index >= 15 is 0 Å². The average Bonchev–Trinajstić information content (AvgIpc) is 3.14. The molecule has 0 N–H and O–H groups in total. The highest BCUT2D eigenvalue weighted by molar-refractivity contribution is 7.13. The van der Waals surface area contributed by atoms with Gasteiger partial charge in [-0.3, -0.25) is 0 Å². The second-order valence-electron chi connectivity index (χ2n) is 4.00. The number of ether oxygens (including phenoxy) is 1. The lowest BCUT2D eigenvalue weighted by Gasteiger charge is -2.05. The van der Waals surface area contributed by atoms with E-state index in [9.17, 15) is 4.79 Å². The molecule has 0 aliphatic carbocycles. The van der Waals surface area contributed by atoms with Crippen molar-refractivity contribution in [2.75, 3.05) is 7.11 Å². The third-order valence-corrected chi connectivity index (χ3v) is 3.96. The summed E-state index contributed by atoms with van der Waals surface area (Å²) in [5, 5.41) is 6.32. The maximum atomic E-state index is 11.8. The molecule has 0 aliphatic rings. The second-order valence-corrected chi connectivity index (χ2v) is 5.21. The van der Waals surface area contributed by atoms with Crippen molar-refractivity contribution in [3.8, 4) is 10.6 Å². The molecule has 0 aliphatic heterocycles. The van der Waals surface area contributed by atoms with Gasteiger partial charge in [0.15, 0.2) is 11.5 Å². The number of hydrogen-bond acceptors (Lipinski definition) is 5. The van der Waals surface area contributed by atoms with Gasteiger partial charge in [0.2, 0.25) is 0 Å². The van der Waals surface area contributed by atoms with E-state index in [1.807, 2.05) is 23.6 Å². The second kappa shape index (κ2) is 5.22. The fourth-order valence-electron chi connectivity index (χ4n) is 1.94. The van der Waals surface area contributed by atoms with E-state index in [0.717, 1.165) is 10.6 Å². The summed E-state index contributed by atoms with van der Waals surface area (Å²) in [5.41, 5.74) is 1.70. The fraction of sp³-hybridized carbons (Fsp3) is 0.154. The fourth-order valence-corrected chi connectivity index (χ4v) is 2.79. The van der Waals surface area contributed by atoms with Gasteiger partial charge >= 0.3 is 5.97 Å². The van der Waals surface area contributed by atoms with E-state index in [-0.39, 0.29) is 5.88 Å². The molecule has 3 aromatic rings. The number of methoxy groups -OCH3 is 1. The Morgan fingerprint density at radius 1 is 1.45 bits per heavy atom. The Balaban J connectivity index is 2.29. The van der Waals surface area contributed by atoms with Gasteiger partial charge in [0.1, 0.15) is 5.56 Å². The van der Waals surface area contributed by atoms with Gasteiger partial charge in [0, 0.05) is 0 Å². The van der Waals surface area contributed by atoms with Crippen LogP contribution < -0.4 is 0 Å². The summed E-state index contributed by atoms with van der Waals surface area (Å²) < 4.78 is 6.40. The molecule has 0 amide bonds. The zero-order chi connectivity index (χ0) is 14.1. The molecular formula is C13H10ClN3O2S. The molecule has 0 fully saturated rings. The van der Waals surface area contributed by atoms with Crippen molar-refractivity contribution >= 4 is 34.6 Å². The largest absolute Gasteiger partial charge is 0.465 e. The number of thiophene rings is 1. The van der Waals surface area contributed by atoms with Crippen LogP contribution in [0, 0.1) is 0 Å². The van der Waals surface area contributed by atoms with Crippen LogP contribution in [0.4, 0.5) is 0 Å². The predicted molar refractivity (Wildman–Crippen MR) is 77.2 cm³/mol. The molecule has 3 aromatic heterocycles. The number of nitrogens with zero attached hydrogens (tertiary/aromatic N) is 3. The highest BCUT2D eigenvalue weighted by Gasteiger charge is 2.18. The first-order chi connectivity index (χ1) is 9.74. The highest BCUT2D eigenvalue weighted by Crippen LogP contribution is 2.26. The van der Waals surface area contributed by atoms with Crippen LogP contribution in [0.25, 0.3) is 16.2 Å². The molecule has 102 valence electrons. The van der Waals surface area contributed by atoms with Crippen molar-refractivity contribution in [2.45, 2.75) is 5.88 Å². The summed E-state index contributed by atoms with van der Waals surface area (Å²) in [6.45, 7) is 0. The first-order valence-corrected chi connectivity index (χ1v) is 7.23. The van der Waals surface area contributed by atoms with Gasteiger partial charge in [0.25, 0.3) is 0 Å². The Kier molecular flexibility index (Phi) is 3.42. The number of rotatable bonds is 3. The Bertz CT molecular complexity index is 767. The Morgan fingerprint density at radius 2 is 2.30 bits per heavy atom. The standard InChI is InChI=1S/C13H10ClN3O2S/c1-19-13(18)8-4-5-9(10-3-2-6-20-10)17-12(8)15-11(7-14)16-17/h2-6H,7H2,1H3. The zero-order valence-corrected chi connectivity index (χ0v) is 12.1. The number of pyridine rings is 1. The van der Waals surface area contributed by atoms with Gasteiger partial charge < -0.3 is 4.74 Å². The van der Waals surface area contributed by atoms with Gasteiger partial charge in [0.05, 0.1) is 23.6 Å². The normalized spacial score (nSPS) is 10.9. The minimum Gasteiger partial charge on any atom is -0.465 e. The van der Waals surface area contributed by atoms with Crippen molar-refractivity contribution in [2.24, 2.45) is 0 Å². The number of alkyl halides is 1. The number of aromatic nitrogens is 3. The van der Waals surface area contributed by atoms with Crippen molar-refractivity contribution in [1.29, 1.82) is 0 Å². The molecule has 0 unspecified atom stereocenters. The zero-order valence-electron chi connectivity index (χ0n) is 10.5. The van der Waals surface area contributed by atoms with E-state index in [0.29, 0.717) is 17.0 Å². The Labute approximate surface area is 123 Å². The number of hydrogen-bond donors (Lipinski definition) is 0. The lowest BCUT2D eigenvalue weighted by atomic mass is 10.2. The Morgan fingerprint density at radius 3 is 2.95 bits per heavy atom. The average molecular weight is 308 g/mol. The van der Waals surface area contributed by atoms with Crippen LogP contribution in [0.1, 0.15) is 16.2 Å². The van der Waals surface area contributed by atoms with Crippen LogP contribution in [0.15, 0.2) is 29.6 Å². The van der Waals surface area contributed by atoms with Crippen molar-refractivity contribution < 1.29 is 9.53 Å². The Hall–Kier alpha value is -1.92. The van der Waals surface area contributed by atoms with Crippen LogP contribution >= 0.6 is 22.9 Å². The van der Waals surface area contributed by atoms with Crippen LogP contribution in [0.3, 0.4) is 0 Å². The molecular weight excluding hydrogens is 298 g/mol. The van der Waals surface area contributed by atoms with Crippen molar-refractivity contribution in [1.82, 2.24) is 14.6 Å². The first kappa shape index (κ1) is 13.1. The number of carbonyl (C=O) groups is 1. The molecule has 0 atom stereocenters. The SMILES string of the molecule is COC(=O)c1ccc(-c2cccs2)n2nc(CCl)nc12. The van der Waals surface area contributed by atoms with Crippen LogP contribution in [0.2, 0.25) is 0 Å². The third kappa shape index (κ3) is 2.07. The van der Waals surface area contributed by atoms with Crippen LogP contribution in [-0.4, -0.2) is 27.7 Å². The minimum atomic E-state index is -0.443. The topological polar surface area (TPSA) is 56.5 Å². The van der Waals surface area contributed by atoms with E-state index in [1.54, 1.807) is 21.9 Å². The lowest BCUT2D eigenvalue weighted by molar-refractivity contribution is 0.0602. The number of halogens is 1. The maximum Gasteiger partial charge on any atom is 0.341 e. The molecule has 3 heterocycles. The molecule has 20 heavy (non-hydrogen) atoms. The highest BCUT2D eigenvalue weighted by atomic mass is 35.5. The van der Waals surface area contributed by atoms with E-state index in [4.69, 9.17) is 16.3 Å². The molecule has 0 bridgehead atoms. The third-order valence-electron chi connectivity index (χ3n) is 2.83. The van der Waals surface area contributed by atoms with Crippen LogP contribution in [-0.2, 0) is 10.6 Å². The molecule has 0 spiro atoms. The van der Waals surface area contributed by atoms with Gasteiger partial charge in [-0.2, -0.15) is 0 Å². The van der Waals surface area contributed by atoms with Gasteiger partial charge in [-0.25, -0.2) is 14.3 Å². The smallest absolute Gasteiger partial charge is 0.341 e. The predicted octanol–water partition coefficient (Wildman–Crippen LogP) is 2.98. The molecule has 3 rings (SSSR count). The number of fused-ring (bicyclic) bond motifs is 1. The lowest BCUT2D eigenvalue weighted by Crippen LogP contribution is -2.05. The minimum absolute atomic E-state index is 0.187. The van der Waals surface area contributed by atoms with Crippen molar-refractivity contribution in [3.05, 3.63) is 41.0 Å². The quantitative estimate of drug-likeness (QED) is 0.551. The summed E-state index contributed by atoms with van der Waals surface area (Å²) in [6, 6.07) is 7.47. The maximum absolute atomic E-state index is 11.8. The molecule has 7 heteroatoms. The number of esters is 1. The van der Waals surface area contributed by atoms with Gasteiger partial charge in [-0.05, 0) is 23.6 Å². The van der Waals surface area contributed by atoms with E-state index in [1.165, 1.54) is 7.11 Å². The first-order valence-electron chi connectivity index (χ1n) is 5.81. The molecule has 0 aromatic carbocycles. The van der Waals surface area contributed by atoms with E-state index < -0.39 is 5.97 Å². The number of carbonyl (C=O) groups excluding carboxylic acids is 1. The summed E-state index contributed by atoms with van der Waals surface area (Å²) in [6.07, 6.45) is 0.